The van der Waals surface area contributed by atoms with Crippen LogP contribution in [-0.4, -0.2) is 5.97 Å². The largest absolute Gasteiger partial charge is 0.352 e. The van der Waals surface area contributed by atoms with Gasteiger partial charge in [0.05, 0.1) is 5.02 Å². The van der Waals surface area contributed by atoms with Crippen molar-refractivity contribution in [1.82, 2.24) is 0 Å². The van der Waals surface area contributed by atoms with Crippen LogP contribution in [0.1, 0.15) is 52.0 Å². The summed E-state index contributed by atoms with van der Waals surface area (Å²) in [5, 5.41) is 1.03. The Bertz CT molecular complexity index is 475. The van der Waals surface area contributed by atoms with Crippen LogP contribution >= 0.6 is 23.2 Å². The van der Waals surface area contributed by atoms with Gasteiger partial charge in [0.1, 0.15) is 0 Å². The van der Waals surface area contributed by atoms with Crippen molar-refractivity contribution in [1.29, 1.82) is 0 Å². The van der Waals surface area contributed by atoms with Crippen molar-refractivity contribution in [3.63, 3.8) is 0 Å². The van der Waals surface area contributed by atoms with Crippen LogP contribution in [0.5, 0.6) is 5.75 Å². The Morgan fingerprint density at radius 1 is 1.29 bits per heavy atom. The van der Waals surface area contributed by atoms with E-state index in [0.29, 0.717) is 21.7 Å². The molecule has 5 heteroatoms. The van der Waals surface area contributed by atoms with Crippen LogP contribution in [0.4, 0.5) is 0 Å². The van der Waals surface area contributed by atoms with Gasteiger partial charge in [-0.2, -0.15) is 0 Å². The first kappa shape index (κ1) is 18.1. The highest BCUT2D eigenvalue weighted by Gasteiger charge is 2.17. The van der Waals surface area contributed by atoms with Gasteiger partial charge in [-0.3, -0.25) is 9.78 Å². The van der Waals surface area contributed by atoms with Gasteiger partial charge in [-0.15, -0.1) is 0 Å². The van der Waals surface area contributed by atoms with Crippen molar-refractivity contribution < 1.29 is 14.6 Å². The molecule has 0 aliphatic rings. The Hall–Kier alpha value is -0.930. The molecule has 21 heavy (non-hydrogen) atoms. The van der Waals surface area contributed by atoms with Gasteiger partial charge >= 0.3 is 5.97 Å². The Labute approximate surface area is 136 Å². The van der Waals surface area contributed by atoms with E-state index < -0.39 is 5.97 Å². The van der Waals surface area contributed by atoms with Crippen LogP contribution in [0, 0.1) is 5.92 Å². The smallest absolute Gasteiger partial charge is 0.285 e. The van der Waals surface area contributed by atoms with Crippen LogP contribution in [-0.2, 0) is 16.1 Å². The standard InChI is InChI=1S/C16H22Cl2O3/c1-4-6-7-12(5-2)10-13-14(17)8-9-15(16(13)18)21-20-11(3)19/h8-9,12H,4-7,10H2,1-3H3/t12-/m1/s1. The van der Waals surface area contributed by atoms with E-state index >= 15 is 0 Å². The molecule has 0 N–H and O–H groups in total. The van der Waals surface area contributed by atoms with E-state index in [1.54, 1.807) is 12.1 Å². The lowest BCUT2D eigenvalue weighted by Crippen LogP contribution is -2.07. The highest BCUT2D eigenvalue weighted by Crippen LogP contribution is 2.36. The predicted molar refractivity (Wildman–Crippen MR) is 85.9 cm³/mol. The molecule has 118 valence electrons. The zero-order valence-electron chi connectivity index (χ0n) is 12.7. The quantitative estimate of drug-likeness (QED) is 0.458. The summed E-state index contributed by atoms with van der Waals surface area (Å²) in [6.07, 6.45) is 5.38. The normalized spacial score (nSPS) is 12.0. The first-order valence-corrected chi connectivity index (χ1v) is 8.07. The van der Waals surface area contributed by atoms with Gasteiger partial charge < -0.3 is 0 Å². The molecule has 1 atom stereocenters. The number of rotatable bonds is 8. The molecule has 0 unspecified atom stereocenters. The molecule has 1 rings (SSSR count). The van der Waals surface area contributed by atoms with Crippen molar-refractivity contribution in [2.45, 2.75) is 52.9 Å². The summed E-state index contributed by atoms with van der Waals surface area (Å²) in [4.78, 5) is 20.3. The van der Waals surface area contributed by atoms with E-state index in [4.69, 9.17) is 28.1 Å². The summed E-state index contributed by atoms with van der Waals surface area (Å²) >= 11 is 12.6. The van der Waals surface area contributed by atoms with Crippen molar-refractivity contribution >= 4 is 29.2 Å². The molecule has 0 amide bonds. The minimum absolute atomic E-state index is 0.316. The van der Waals surface area contributed by atoms with Crippen molar-refractivity contribution in [2.24, 2.45) is 5.92 Å². The molecule has 0 saturated carbocycles. The maximum absolute atomic E-state index is 10.8. The summed E-state index contributed by atoms with van der Waals surface area (Å²) in [6, 6.07) is 3.32. The summed E-state index contributed by atoms with van der Waals surface area (Å²) < 4.78 is 0. The number of hydrogen-bond donors (Lipinski definition) is 0. The molecule has 0 saturated heterocycles. The Morgan fingerprint density at radius 3 is 2.57 bits per heavy atom. The first-order chi connectivity index (χ1) is 9.99. The second-order valence-electron chi connectivity index (χ2n) is 5.12. The number of carbonyl (C=O) groups excluding carboxylic acids is 1. The van der Waals surface area contributed by atoms with E-state index in [-0.39, 0.29) is 0 Å². The lowest BCUT2D eigenvalue weighted by atomic mass is 9.92. The molecular weight excluding hydrogens is 311 g/mol. The van der Waals surface area contributed by atoms with Gasteiger partial charge in [-0.25, -0.2) is 4.79 Å². The van der Waals surface area contributed by atoms with E-state index in [1.807, 2.05) is 0 Å². The predicted octanol–water partition coefficient (Wildman–Crippen LogP) is 5.61. The van der Waals surface area contributed by atoms with Gasteiger partial charge in [0.15, 0.2) is 5.75 Å². The summed E-state index contributed by atoms with van der Waals surface area (Å²) in [5.74, 6) is 0.317. The topological polar surface area (TPSA) is 35.5 Å². The number of benzene rings is 1. The molecule has 0 fully saturated rings. The van der Waals surface area contributed by atoms with Crippen LogP contribution in [0.25, 0.3) is 0 Å². The third-order valence-corrected chi connectivity index (χ3v) is 4.20. The van der Waals surface area contributed by atoms with Gasteiger partial charge in [0.2, 0.25) is 0 Å². The molecule has 0 aromatic heterocycles. The Balaban J connectivity index is 2.89. The van der Waals surface area contributed by atoms with Crippen molar-refractivity contribution in [3.05, 3.63) is 27.7 Å². The molecule has 0 heterocycles. The zero-order chi connectivity index (χ0) is 15.8. The average Bonchev–Trinajstić information content (AvgIpc) is 2.45. The summed E-state index contributed by atoms with van der Waals surface area (Å²) in [5.41, 5.74) is 0.853. The first-order valence-electron chi connectivity index (χ1n) is 7.31. The van der Waals surface area contributed by atoms with Crippen molar-refractivity contribution in [2.75, 3.05) is 0 Å². The van der Waals surface area contributed by atoms with Gasteiger partial charge in [0, 0.05) is 11.9 Å². The van der Waals surface area contributed by atoms with E-state index in [0.717, 1.165) is 24.8 Å². The molecule has 1 aromatic rings. The summed E-state index contributed by atoms with van der Waals surface area (Å²) in [7, 11) is 0. The fourth-order valence-corrected chi connectivity index (χ4v) is 2.72. The number of carbonyl (C=O) groups is 1. The number of hydrogen-bond acceptors (Lipinski definition) is 3. The monoisotopic (exact) mass is 332 g/mol. The third-order valence-electron chi connectivity index (χ3n) is 3.44. The zero-order valence-corrected chi connectivity index (χ0v) is 14.3. The SMILES string of the molecule is CCCC[C@@H](CC)Cc1c(Cl)ccc(OOC(C)=O)c1Cl. The molecule has 3 nitrogen and oxygen atoms in total. The maximum Gasteiger partial charge on any atom is 0.352 e. The number of unbranched alkanes of at least 4 members (excludes halogenated alkanes) is 1. The Kier molecular flexibility index (Phi) is 7.91. The molecule has 0 bridgehead atoms. The molecular formula is C16H22Cl2O3. The van der Waals surface area contributed by atoms with Crippen LogP contribution in [0.2, 0.25) is 10.0 Å². The van der Waals surface area contributed by atoms with E-state index in [9.17, 15) is 4.79 Å². The van der Waals surface area contributed by atoms with Crippen molar-refractivity contribution in [3.8, 4) is 5.75 Å². The third kappa shape index (κ3) is 5.76. The van der Waals surface area contributed by atoms with Gasteiger partial charge in [0.25, 0.3) is 0 Å². The highest BCUT2D eigenvalue weighted by molar-refractivity contribution is 6.36. The van der Waals surface area contributed by atoms with E-state index in [1.165, 1.54) is 19.8 Å². The minimum atomic E-state index is -0.531. The van der Waals surface area contributed by atoms with Crippen LogP contribution in [0.3, 0.4) is 0 Å². The van der Waals surface area contributed by atoms with Gasteiger partial charge in [-0.1, -0.05) is 62.7 Å². The summed E-state index contributed by atoms with van der Waals surface area (Å²) in [6.45, 7) is 5.62. The van der Waals surface area contributed by atoms with Crippen LogP contribution in [0.15, 0.2) is 12.1 Å². The second-order valence-corrected chi connectivity index (χ2v) is 5.90. The number of halogens is 2. The molecule has 0 radical (unpaired) electrons. The molecule has 0 aliphatic carbocycles. The highest BCUT2D eigenvalue weighted by atomic mass is 35.5. The lowest BCUT2D eigenvalue weighted by Gasteiger charge is -2.17. The minimum Gasteiger partial charge on any atom is -0.285 e. The lowest BCUT2D eigenvalue weighted by molar-refractivity contribution is -0.210. The molecule has 0 aliphatic heterocycles. The Morgan fingerprint density at radius 2 is 2.00 bits per heavy atom. The van der Waals surface area contributed by atoms with Gasteiger partial charge in [-0.05, 0) is 30.0 Å². The fourth-order valence-electron chi connectivity index (χ4n) is 2.16. The average molecular weight is 333 g/mol. The second kappa shape index (κ2) is 9.16. The van der Waals surface area contributed by atoms with Crippen LogP contribution < -0.4 is 4.89 Å². The fraction of sp³-hybridized carbons (Fsp3) is 0.562. The molecule has 0 spiro atoms. The molecule has 1 aromatic carbocycles. The van der Waals surface area contributed by atoms with E-state index in [2.05, 4.69) is 18.7 Å². The maximum atomic E-state index is 10.8.